The summed E-state index contributed by atoms with van der Waals surface area (Å²) in [6.07, 6.45) is 8.01. The summed E-state index contributed by atoms with van der Waals surface area (Å²) in [5.41, 5.74) is 1.33. The number of hydrogen-bond donors (Lipinski definition) is 0. The molecule has 1 amide bonds. The van der Waals surface area contributed by atoms with Crippen molar-refractivity contribution in [2.45, 2.75) is 63.5 Å². The third-order valence-electron chi connectivity index (χ3n) is 6.98. The molecule has 0 unspecified atom stereocenters. The molecular weight excluding hydrogens is 324 g/mol. The van der Waals surface area contributed by atoms with Crippen LogP contribution in [0.4, 0.5) is 0 Å². The van der Waals surface area contributed by atoms with E-state index in [9.17, 15) is 4.79 Å². The molecule has 0 spiro atoms. The standard InChI is InChI=1S/C22H32N2O2/c1-16(25)24-15-20(17-7-6-10-19(13-17)26-2)21-14-23(12-11-22(21)24)18-8-4-3-5-9-18/h6-7,10,13,18,20-22H,3-5,8-9,11-12,14-15H2,1-2H3/t20-,21-,22-/m1/s1. The number of amides is 1. The van der Waals surface area contributed by atoms with Gasteiger partial charge in [-0.3, -0.25) is 9.69 Å². The Morgan fingerprint density at radius 1 is 1.12 bits per heavy atom. The predicted octanol–water partition coefficient (Wildman–Crippen LogP) is 3.66. The molecule has 4 nitrogen and oxygen atoms in total. The lowest BCUT2D eigenvalue weighted by Gasteiger charge is -2.43. The van der Waals surface area contributed by atoms with Crippen LogP contribution in [0, 0.1) is 5.92 Å². The van der Waals surface area contributed by atoms with Crippen molar-refractivity contribution in [1.82, 2.24) is 9.80 Å². The second kappa shape index (κ2) is 7.59. The van der Waals surface area contributed by atoms with Gasteiger partial charge in [0.1, 0.15) is 5.75 Å². The number of benzene rings is 1. The zero-order chi connectivity index (χ0) is 18.1. The average Bonchev–Trinajstić information content (AvgIpc) is 3.08. The van der Waals surface area contributed by atoms with E-state index in [1.54, 1.807) is 14.0 Å². The van der Waals surface area contributed by atoms with Crippen LogP contribution in [-0.2, 0) is 4.79 Å². The van der Waals surface area contributed by atoms with Gasteiger partial charge >= 0.3 is 0 Å². The minimum Gasteiger partial charge on any atom is -0.497 e. The molecule has 3 atom stereocenters. The largest absolute Gasteiger partial charge is 0.497 e. The van der Waals surface area contributed by atoms with Crippen LogP contribution >= 0.6 is 0 Å². The van der Waals surface area contributed by atoms with E-state index in [0.717, 1.165) is 37.8 Å². The molecule has 0 bridgehead atoms. The number of hydrogen-bond acceptors (Lipinski definition) is 3. The highest BCUT2D eigenvalue weighted by Gasteiger charge is 2.47. The Labute approximate surface area is 157 Å². The number of methoxy groups -OCH3 is 1. The molecule has 2 saturated heterocycles. The van der Waals surface area contributed by atoms with E-state index in [1.807, 2.05) is 6.07 Å². The Morgan fingerprint density at radius 2 is 1.92 bits per heavy atom. The van der Waals surface area contributed by atoms with Gasteiger partial charge in [0, 0.05) is 50.5 Å². The van der Waals surface area contributed by atoms with Crippen LogP contribution in [0.1, 0.15) is 56.9 Å². The van der Waals surface area contributed by atoms with Crippen LogP contribution in [0.25, 0.3) is 0 Å². The maximum absolute atomic E-state index is 12.3. The van der Waals surface area contributed by atoms with Crippen molar-refractivity contribution in [3.05, 3.63) is 29.8 Å². The van der Waals surface area contributed by atoms with Gasteiger partial charge in [-0.1, -0.05) is 31.4 Å². The molecule has 26 heavy (non-hydrogen) atoms. The van der Waals surface area contributed by atoms with Crippen LogP contribution in [0.3, 0.4) is 0 Å². The highest BCUT2D eigenvalue weighted by molar-refractivity contribution is 5.74. The van der Waals surface area contributed by atoms with Crippen LogP contribution in [0.15, 0.2) is 24.3 Å². The van der Waals surface area contributed by atoms with E-state index < -0.39 is 0 Å². The normalized spacial score (nSPS) is 30.2. The van der Waals surface area contributed by atoms with Gasteiger partial charge in [0.2, 0.25) is 5.91 Å². The van der Waals surface area contributed by atoms with Crippen molar-refractivity contribution in [2.24, 2.45) is 5.92 Å². The Hall–Kier alpha value is -1.55. The summed E-state index contributed by atoms with van der Waals surface area (Å²) in [6, 6.07) is 9.65. The number of fused-ring (bicyclic) bond motifs is 1. The first kappa shape index (κ1) is 17.8. The quantitative estimate of drug-likeness (QED) is 0.828. The SMILES string of the molecule is COc1cccc([C@H]2CN(C(C)=O)[C@@H]3CCN(C4CCCCC4)C[C@H]23)c1. The first-order valence-electron chi connectivity index (χ1n) is 10.3. The average molecular weight is 357 g/mol. The maximum atomic E-state index is 12.3. The topological polar surface area (TPSA) is 32.8 Å². The number of carbonyl (C=O) groups excluding carboxylic acids is 1. The van der Waals surface area contributed by atoms with Gasteiger partial charge < -0.3 is 9.64 Å². The lowest BCUT2D eigenvalue weighted by atomic mass is 9.80. The monoisotopic (exact) mass is 356 g/mol. The third-order valence-corrected chi connectivity index (χ3v) is 6.98. The molecule has 1 aromatic carbocycles. The predicted molar refractivity (Wildman–Crippen MR) is 103 cm³/mol. The number of rotatable bonds is 3. The Balaban J connectivity index is 1.58. The first-order chi connectivity index (χ1) is 12.7. The fourth-order valence-corrected chi connectivity index (χ4v) is 5.63. The van der Waals surface area contributed by atoms with Crippen molar-refractivity contribution < 1.29 is 9.53 Å². The second-order valence-electron chi connectivity index (χ2n) is 8.36. The molecule has 1 aliphatic carbocycles. The Bertz CT molecular complexity index is 641. The van der Waals surface area contributed by atoms with Crippen molar-refractivity contribution in [1.29, 1.82) is 0 Å². The van der Waals surface area contributed by atoms with E-state index in [4.69, 9.17) is 4.74 Å². The minimum absolute atomic E-state index is 0.233. The summed E-state index contributed by atoms with van der Waals surface area (Å²) in [4.78, 5) is 17.2. The number of carbonyl (C=O) groups is 1. The van der Waals surface area contributed by atoms with Gasteiger partial charge in [-0.05, 0) is 37.0 Å². The van der Waals surface area contributed by atoms with E-state index >= 15 is 0 Å². The van der Waals surface area contributed by atoms with Gasteiger partial charge in [-0.15, -0.1) is 0 Å². The third kappa shape index (κ3) is 3.36. The molecule has 0 aromatic heterocycles. The molecule has 2 aliphatic heterocycles. The number of piperidine rings is 1. The van der Waals surface area contributed by atoms with E-state index in [1.165, 1.54) is 37.7 Å². The summed E-state index contributed by atoms with van der Waals surface area (Å²) in [5, 5.41) is 0. The molecule has 0 radical (unpaired) electrons. The van der Waals surface area contributed by atoms with Crippen LogP contribution in [-0.4, -0.2) is 54.5 Å². The van der Waals surface area contributed by atoms with Crippen molar-refractivity contribution in [3.8, 4) is 5.75 Å². The second-order valence-corrected chi connectivity index (χ2v) is 8.36. The first-order valence-corrected chi connectivity index (χ1v) is 10.3. The molecule has 2 heterocycles. The van der Waals surface area contributed by atoms with Crippen molar-refractivity contribution >= 4 is 5.91 Å². The lowest BCUT2D eigenvalue weighted by molar-refractivity contribution is -0.130. The molecule has 3 fully saturated rings. The van der Waals surface area contributed by atoms with Gasteiger partial charge in [-0.2, -0.15) is 0 Å². The van der Waals surface area contributed by atoms with Crippen molar-refractivity contribution in [2.75, 3.05) is 26.7 Å². The summed E-state index contributed by atoms with van der Waals surface area (Å²) < 4.78 is 5.45. The van der Waals surface area contributed by atoms with Crippen LogP contribution in [0.5, 0.6) is 5.75 Å². The molecule has 142 valence electrons. The fourth-order valence-electron chi connectivity index (χ4n) is 5.63. The molecule has 0 N–H and O–H groups in total. The molecular formula is C22H32N2O2. The lowest BCUT2D eigenvalue weighted by Crippen LogP contribution is -2.51. The zero-order valence-electron chi connectivity index (χ0n) is 16.2. The van der Waals surface area contributed by atoms with Gasteiger partial charge in [-0.25, -0.2) is 0 Å². The van der Waals surface area contributed by atoms with E-state index in [-0.39, 0.29) is 5.91 Å². The summed E-state index contributed by atoms with van der Waals surface area (Å²) in [6.45, 7) is 4.89. The smallest absolute Gasteiger partial charge is 0.219 e. The Morgan fingerprint density at radius 3 is 2.65 bits per heavy atom. The highest BCUT2D eigenvalue weighted by atomic mass is 16.5. The zero-order valence-corrected chi connectivity index (χ0v) is 16.2. The molecule has 3 aliphatic rings. The van der Waals surface area contributed by atoms with Crippen LogP contribution < -0.4 is 4.74 Å². The highest BCUT2D eigenvalue weighted by Crippen LogP contribution is 2.43. The van der Waals surface area contributed by atoms with Gasteiger partial charge in [0.25, 0.3) is 0 Å². The number of nitrogens with zero attached hydrogens (tertiary/aromatic N) is 2. The fraction of sp³-hybridized carbons (Fsp3) is 0.682. The van der Waals surface area contributed by atoms with E-state index in [2.05, 4.69) is 28.0 Å². The minimum atomic E-state index is 0.233. The maximum Gasteiger partial charge on any atom is 0.219 e. The molecule has 4 rings (SSSR count). The summed E-state index contributed by atoms with van der Waals surface area (Å²) in [5.74, 6) is 2.11. The number of likely N-dealkylation sites (tertiary alicyclic amines) is 2. The van der Waals surface area contributed by atoms with Gasteiger partial charge in [0.05, 0.1) is 7.11 Å². The molecule has 4 heteroatoms. The molecule has 1 aromatic rings. The Kier molecular flexibility index (Phi) is 5.21. The summed E-state index contributed by atoms with van der Waals surface area (Å²) in [7, 11) is 1.73. The van der Waals surface area contributed by atoms with Crippen LogP contribution in [0.2, 0.25) is 0 Å². The molecule has 1 saturated carbocycles. The summed E-state index contributed by atoms with van der Waals surface area (Å²) >= 11 is 0. The van der Waals surface area contributed by atoms with E-state index in [0.29, 0.717) is 17.9 Å². The van der Waals surface area contributed by atoms with Crippen molar-refractivity contribution in [3.63, 3.8) is 0 Å². The van der Waals surface area contributed by atoms with Gasteiger partial charge in [0.15, 0.2) is 0 Å². The number of ether oxygens (including phenoxy) is 1.